The highest BCUT2D eigenvalue weighted by Gasteiger charge is 2.30. The van der Waals surface area contributed by atoms with E-state index in [1.807, 2.05) is 4.57 Å². The zero-order chi connectivity index (χ0) is 25.4. The van der Waals surface area contributed by atoms with E-state index in [9.17, 15) is 18.7 Å². The Kier molecular flexibility index (Phi) is 6.94. The van der Waals surface area contributed by atoms with E-state index in [4.69, 9.17) is 22.3 Å². The number of primary amides is 1. The van der Waals surface area contributed by atoms with Crippen molar-refractivity contribution in [2.45, 2.75) is 69.6 Å². The number of anilines is 3. The zero-order valence-corrected chi connectivity index (χ0v) is 20.3. The number of carbonyl (C=O) groups excluding carboxylic acids is 1. The number of hydrogen-bond acceptors (Lipinski definition) is 7. The number of fused-ring (bicyclic) bond motifs is 1. The third kappa shape index (κ3) is 5.08. The second-order valence-electron chi connectivity index (χ2n) is 9.65. The fourth-order valence-electron chi connectivity index (χ4n) is 5.26. The van der Waals surface area contributed by atoms with Gasteiger partial charge in [0.25, 0.3) is 0 Å². The Morgan fingerprint density at radius 2 is 1.83 bits per heavy atom. The number of imidazole rings is 1. The standard InChI is InChI=1S/C24H28ClF2N7O2/c25-13-8-17(26)20(18(27)9-13)32-24-31-19-11-29-23(30-14-2-1-3-16(35)10-14)33-22(19)34(24)15-6-4-12(5-7-15)21(28)36/h8-9,11-12,14-16,35H,1-7,10H2,(H2,28,36)(H,31,32)(H,29,30,33)/t12?,14-,15?,16?/m1/s1. The van der Waals surface area contributed by atoms with Gasteiger partial charge in [-0.05, 0) is 63.5 Å². The molecule has 2 atom stereocenters. The van der Waals surface area contributed by atoms with Gasteiger partial charge in [-0.3, -0.25) is 9.36 Å². The second-order valence-corrected chi connectivity index (χ2v) is 10.1. The number of nitrogens with zero attached hydrogens (tertiary/aromatic N) is 4. The molecule has 2 saturated carbocycles. The Morgan fingerprint density at radius 1 is 1.11 bits per heavy atom. The van der Waals surface area contributed by atoms with Crippen molar-refractivity contribution in [3.8, 4) is 0 Å². The number of hydrogen-bond donors (Lipinski definition) is 4. The molecule has 0 saturated heterocycles. The van der Waals surface area contributed by atoms with Crippen molar-refractivity contribution in [2.75, 3.05) is 10.6 Å². The molecule has 2 aromatic heterocycles. The maximum absolute atomic E-state index is 14.6. The van der Waals surface area contributed by atoms with Crippen LogP contribution in [0.2, 0.25) is 5.02 Å². The van der Waals surface area contributed by atoms with Crippen molar-refractivity contribution < 1.29 is 18.7 Å². The van der Waals surface area contributed by atoms with Gasteiger partial charge >= 0.3 is 0 Å². The number of nitrogens with one attached hydrogen (secondary N) is 2. The van der Waals surface area contributed by atoms with Gasteiger partial charge in [-0.1, -0.05) is 11.6 Å². The molecule has 9 nitrogen and oxygen atoms in total. The molecule has 2 heterocycles. The van der Waals surface area contributed by atoms with E-state index in [1.165, 1.54) is 0 Å². The number of aromatic nitrogens is 4. The van der Waals surface area contributed by atoms with Crippen LogP contribution in [0.5, 0.6) is 0 Å². The molecule has 1 aromatic carbocycles. The van der Waals surface area contributed by atoms with Gasteiger partial charge < -0.3 is 21.5 Å². The van der Waals surface area contributed by atoms with Crippen LogP contribution in [0.15, 0.2) is 18.3 Å². The summed E-state index contributed by atoms with van der Waals surface area (Å²) >= 11 is 5.78. The number of carbonyl (C=O) groups is 1. The van der Waals surface area contributed by atoms with Crippen LogP contribution in [-0.4, -0.2) is 42.7 Å². The van der Waals surface area contributed by atoms with Crippen LogP contribution in [-0.2, 0) is 4.79 Å². The number of rotatable bonds is 6. The van der Waals surface area contributed by atoms with Gasteiger partial charge in [-0.15, -0.1) is 0 Å². The van der Waals surface area contributed by atoms with Crippen LogP contribution >= 0.6 is 11.6 Å². The first-order valence-corrected chi connectivity index (χ1v) is 12.6. The summed E-state index contributed by atoms with van der Waals surface area (Å²) in [6, 6.07) is 1.98. The number of aliphatic hydroxyl groups excluding tert-OH is 1. The minimum Gasteiger partial charge on any atom is -0.393 e. The molecule has 0 spiro atoms. The smallest absolute Gasteiger partial charge is 0.224 e. The summed E-state index contributed by atoms with van der Waals surface area (Å²) in [4.78, 5) is 25.3. The molecule has 0 aliphatic heterocycles. The highest BCUT2D eigenvalue weighted by atomic mass is 35.5. The van der Waals surface area contributed by atoms with Gasteiger partial charge in [0.2, 0.25) is 17.8 Å². The monoisotopic (exact) mass is 519 g/mol. The Bertz CT molecular complexity index is 1260. The molecule has 5 rings (SSSR count). The lowest BCUT2D eigenvalue weighted by Crippen LogP contribution is -2.30. The minimum atomic E-state index is -0.847. The molecule has 36 heavy (non-hydrogen) atoms. The van der Waals surface area contributed by atoms with Crippen LogP contribution in [0, 0.1) is 17.6 Å². The van der Waals surface area contributed by atoms with Crippen LogP contribution in [0.3, 0.4) is 0 Å². The molecule has 12 heteroatoms. The third-order valence-electron chi connectivity index (χ3n) is 7.12. The van der Waals surface area contributed by atoms with E-state index in [0.717, 1.165) is 31.4 Å². The quantitative estimate of drug-likeness (QED) is 0.379. The normalized spacial score (nSPS) is 24.6. The molecule has 3 aromatic rings. The van der Waals surface area contributed by atoms with E-state index in [1.54, 1.807) is 6.20 Å². The van der Waals surface area contributed by atoms with Crippen molar-refractivity contribution in [1.82, 2.24) is 19.5 Å². The predicted molar refractivity (Wildman–Crippen MR) is 132 cm³/mol. The summed E-state index contributed by atoms with van der Waals surface area (Å²) in [5.41, 5.74) is 6.10. The molecule has 1 unspecified atom stereocenters. The average molecular weight is 520 g/mol. The lowest BCUT2D eigenvalue weighted by molar-refractivity contribution is -0.122. The maximum atomic E-state index is 14.6. The van der Waals surface area contributed by atoms with Crippen LogP contribution in [0.1, 0.15) is 57.4 Å². The lowest BCUT2D eigenvalue weighted by Gasteiger charge is -2.29. The van der Waals surface area contributed by atoms with E-state index in [0.29, 0.717) is 49.2 Å². The number of benzene rings is 1. The van der Waals surface area contributed by atoms with Crippen molar-refractivity contribution in [1.29, 1.82) is 0 Å². The molecule has 2 fully saturated rings. The van der Waals surface area contributed by atoms with Crippen LogP contribution < -0.4 is 16.4 Å². The number of amides is 1. The van der Waals surface area contributed by atoms with Crippen molar-refractivity contribution in [3.63, 3.8) is 0 Å². The molecule has 2 aliphatic rings. The van der Waals surface area contributed by atoms with Gasteiger partial charge in [0.15, 0.2) is 17.3 Å². The van der Waals surface area contributed by atoms with E-state index in [-0.39, 0.29) is 46.7 Å². The highest BCUT2D eigenvalue weighted by molar-refractivity contribution is 6.30. The molecule has 192 valence electrons. The van der Waals surface area contributed by atoms with Gasteiger partial charge in [0, 0.05) is 23.0 Å². The van der Waals surface area contributed by atoms with Gasteiger partial charge in [-0.2, -0.15) is 4.98 Å². The Balaban J connectivity index is 1.51. The molecule has 1 amide bonds. The first-order chi connectivity index (χ1) is 17.3. The Morgan fingerprint density at radius 3 is 2.50 bits per heavy atom. The summed E-state index contributed by atoms with van der Waals surface area (Å²) in [5.74, 6) is -1.61. The zero-order valence-electron chi connectivity index (χ0n) is 19.6. The molecular weight excluding hydrogens is 492 g/mol. The summed E-state index contributed by atoms with van der Waals surface area (Å²) in [5, 5.41) is 16.0. The SMILES string of the molecule is NC(=O)C1CCC(n2c(Nc3c(F)cc(Cl)cc3F)nc3cnc(N[C@@H]4CCCC(O)C4)nc32)CC1. The third-order valence-corrected chi connectivity index (χ3v) is 7.34. The largest absolute Gasteiger partial charge is 0.393 e. The lowest BCUT2D eigenvalue weighted by atomic mass is 9.85. The topological polar surface area (TPSA) is 131 Å². The van der Waals surface area contributed by atoms with E-state index in [2.05, 4.69) is 20.6 Å². The van der Waals surface area contributed by atoms with Gasteiger partial charge in [0.1, 0.15) is 11.2 Å². The number of nitrogens with two attached hydrogens (primary N) is 1. The van der Waals surface area contributed by atoms with Crippen molar-refractivity contribution in [3.05, 3.63) is 35.0 Å². The molecule has 2 aliphatic carbocycles. The van der Waals surface area contributed by atoms with Gasteiger partial charge in [-0.25, -0.2) is 18.7 Å². The second kappa shape index (κ2) is 10.1. The van der Waals surface area contributed by atoms with Gasteiger partial charge in [0.05, 0.1) is 12.3 Å². The molecule has 0 radical (unpaired) electrons. The number of halogens is 3. The summed E-state index contributed by atoms with van der Waals surface area (Å²) in [7, 11) is 0. The number of aliphatic hydroxyl groups is 1. The Hall–Kier alpha value is -3.05. The molecule has 5 N–H and O–H groups in total. The first kappa shape index (κ1) is 24.6. The Labute approximate surface area is 211 Å². The summed E-state index contributed by atoms with van der Waals surface area (Å²) in [6.07, 6.45) is 6.86. The summed E-state index contributed by atoms with van der Waals surface area (Å²) in [6.45, 7) is 0. The van der Waals surface area contributed by atoms with E-state index >= 15 is 0 Å². The van der Waals surface area contributed by atoms with E-state index < -0.39 is 11.6 Å². The predicted octanol–water partition coefficient (Wildman–Crippen LogP) is 4.43. The average Bonchev–Trinajstić information content (AvgIpc) is 3.18. The molecular formula is C24H28ClF2N7O2. The maximum Gasteiger partial charge on any atom is 0.224 e. The highest BCUT2D eigenvalue weighted by Crippen LogP contribution is 2.38. The van der Waals surface area contributed by atoms with Crippen molar-refractivity contribution in [2.24, 2.45) is 11.7 Å². The fraction of sp³-hybridized carbons (Fsp3) is 0.500. The fourth-order valence-corrected chi connectivity index (χ4v) is 5.46. The van der Waals surface area contributed by atoms with Crippen molar-refractivity contribution >= 4 is 46.3 Å². The minimum absolute atomic E-state index is 0.0448. The first-order valence-electron chi connectivity index (χ1n) is 12.2. The van der Waals surface area contributed by atoms with Crippen LogP contribution in [0.25, 0.3) is 11.2 Å². The van der Waals surface area contributed by atoms with Crippen LogP contribution in [0.4, 0.5) is 26.4 Å². The summed E-state index contributed by atoms with van der Waals surface area (Å²) < 4.78 is 31.0. The molecule has 0 bridgehead atoms.